The largest absolute Gasteiger partial charge is 0.320 e. The predicted octanol–water partition coefficient (Wildman–Crippen LogP) is 3.82. The van der Waals surface area contributed by atoms with E-state index < -0.39 is 0 Å². The summed E-state index contributed by atoms with van der Waals surface area (Å²) in [5.41, 5.74) is 4.63. The molecule has 1 aromatic carbocycles. The number of hydrogen-bond donors (Lipinski definition) is 1. The summed E-state index contributed by atoms with van der Waals surface area (Å²) in [7, 11) is 1.98. The molecule has 0 saturated carbocycles. The Labute approximate surface area is 178 Å². The van der Waals surface area contributed by atoms with E-state index in [2.05, 4.69) is 54.1 Å². The molecule has 5 heteroatoms. The van der Waals surface area contributed by atoms with E-state index in [1.165, 1.54) is 11.3 Å². The zero-order valence-corrected chi connectivity index (χ0v) is 18.3. The van der Waals surface area contributed by atoms with Gasteiger partial charge in [0.05, 0.1) is 11.3 Å². The molecular formula is C25H30N4O. The van der Waals surface area contributed by atoms with Crippen molar-refractivity contribution >= 4 is 5.78 Å². The first-order chi connectivity index (χ1) is 14.4. The number of benzene rings is 1. The van der Waals surface area contributed by atoms with E-state index in [1.54, 1.807) is 0 Å². The van der Waals surface area contributed by atoms with Gasteiger partial charge in [-0.25, -0.2) is 4.98 Å². The van der Waals surface area contributed by atoms with Gasteiger partial charge in [-0.2, -0.15) is 5.26 Å². The van der Waals surface area contributed by atoms with Gasteiger partial charge in [-0.05, 0) is 69.8 Å². The Morgan fingerprint density at radius 1 is 1.40 bits per heavy atom. The fourth-order valence-electron chi connectivity index (χ4n) is 5.50. The van der Waals surface area contributed by atoms with Crippen LogP contribution in [0.1, 0.15) is 49.5 Å². The first-order valence-corrected chi connectivity index (χ1v) is 10.9. The van der Waals surface area contributed by atoms with Crippen LogP contribution in [0.3, 0.4) is 0 Å². The molecule has 0 saturated heterocycles. The second kappa shape index (κ2) is 7.85. The van der Waals surface area contributed by atoms with Crippen molar-refractivity contribution in [1.29, 1.82) is 5.26 Å². The second-order valence-corrected chi connectivity index (χ2v) is 8.92. The predicted molar refractivity (Wildman–Crippen MR) is 118 cm³/mol. The van der Waals surface area contributed by atoms with E-state index >= 15 is 0 Å². The standard InChI is InChI=1S/C25H30N4O/c1-16-21-10-11-22-24(25(21,3)14-19(15-26)23(16)30)28-17(2)29(22)20-9-5-7-18(13-20)8-6-12-27-4/h5,7,9,13-14,16,21,27H,6,8,10-12H2,1-4H3/t16-,21-,25-/m0/s1. The third-order valence-electron chi connectivity index (χ3n) is 7.02. The van der Waals surface area contributed by atoms with Crippen LogP contribution in [0.2, 0.25) is 0 Å². The van der Waals surface area contributed by atoms with Crippen LogP contribution in [0.15, 0.2) is 35.9 Å². The summed E-state index contributed by atoms with van der Waals surface area (Å²) >= 11 is 0. The number of rotatable bonds is 5. The van der Waals surface area contributed by atoms with Gasteiger partial charge in [-0.3, -0.25) is 4.79 Å². The molecule has 156 valence electrons. The molecule has 0 unspecified atom stereocenters. The second-order valence-electron chi connectivity index (χ2n) is 8.92. The Morgan fingerprint density at radius 2 is 2.20 bits per heavy atom. The summed E-state index contributed by atoms with van der Waals surface area (Å²) in [6.07, 6.45) is 5.86. The van der Waals surface area contributed by atoms with Gasteiger partial charge in [0.2, 0.25) is 0 Å². The lowest BCUT2D eigenvalue weighted by Crippen LogP contribution is -2.45. The number of imidazole rings is 1. The highest BCUT2D eigenvalue weighted by Crippen LogP contribution is 2.49. The molecule has 0 aliphatic heterocycles. The number of Topliss-reactive ketones (excluding diaryl/α,β-unsaturated/α-hetero) is 1. The maximum absolute atomic E-state index is 12.6. The number of nitriles is 1. The maximum Gasteiger partial charge on any atom is 0.176 e. The molecule has 1 N–H and O–H groups in total. The minimum atomic E-state index is -0.383. The van der Waals surface area contributed by atoms with Crippen molar-refractivity contribution < 1.29 is 4.79 Å². The van der Waals surface area contributed by atoms with Crippen molar-refractivity contribution in [3.8, 4) is 11.8 Å². The number of allylic oxidation sites excluding steroid dienone is 2. The lowest BCUT2D eigenvalue weighted by Gasteiger charge is -2.44. The number of nitrogens with zero attached hydrogens (tertiary/aromatic N) is 3. The van der Waals surface area contributed by atoms with Crippen LogP contribution in [0.5, 0.6) is 0 Å². The zero-order valence-electron chi connectivity index (χ0n) is 18.3. The van der Waals surface area contributed by atoms with Gasteiger partial charge in [0.15, 0.2) is 5.78 Å². The van der Waals surface area contributed by atoms with Gasteiger partial charge in [-0.1, -0.05) is 32.1 Å². The first-order valence-electron chi connectivity index (χ1n) is 10.9. The molecule has 30 heavy (non-hydrogen) atoms. The van der Waals surface area contributed by atoms with Crippen molar-refractivity contribution in [3.05, 3.63) is 58.7 Å². The highest BCUT2D eigenvalue weighted by molar-refractivity contribution is 6.02. The molecule has 4 rings (SSSR count). The third kappa shape index (κ3) is 3.20. The summed E-state index contributed by atoms with van der Waals surface area (Å²) in [4.78, 5) is 17.6. The van der Waals surface area contributed by atoms with Gasteiger partial charge in [0, 0.05) is 22.7 Å². The number of aryl methyl sites for hydroxylation is 2. The fourth-order valence-corrected chi connectivity index (χ4v) is 5.50. The van der Waals surface area contributed by atoms with Crippen LogP contribution in [0, 0.1) is 30.1 Å². The zero-order chi connectivity index (χ0) is 21.5. The Morgan fingerprint density at radius 3 is 2.93 bits per heavy atom. The number of carbonyl (C=O) groups is 1. The van der Waals surface area contributed by atoms with E-state index in [4.69, 9.17) is 4.98 Å². The number of hydrogen-bond acceptors (Lipinski definition) is 4. The van der Waals surface area contributed by atoms with Crippen molar-refractivity contribution in [1.82, 2.24) is 14.9 Å². The minimum Gasteiger partial charge on any atom is -0.320 e. The topological polar surface area (TPSA) is 70.7 Å². The molecule has 0 spiro atoms. The lowest BCUT2D eigenvalue weighted by molar-refractivity contribution is -0.121. The molecule has 0 amide bonds. The van der Waals surface area contributed by atoms with Gasteiger partial charge >= 0.3 is 0 Å². The minimum absolute atomic E-state index is 0.0196. The monoisotopic (exact) mass is 402 g/mol. The molecule has 2 aromatic rings. The molecule has 0 fully saturated rings. The van der Waals surface area contributed by atoms with E-state index in [0.29, 0.717) is 0 Å². The molecule has 1 heterocycles. The summed E-state index contributed by atoms with van der Waals surface area (Å²) in [6, 6.07) is 10.9. The van der Waals surface area contributed by atoms with Gasteiger partial charge in [0.1, 0.15) is 11.9 Å². The van der Waals surface area contributed by atoms with Crippen LogP contribution in [0.25, 0.3) is 5.69 Å². The quantitative estimate of drug-likeness (QED) is 0.772. The normalized spacial score (nSPS) is 25.3. The van der Waals surface area contributed by atoms with E-state index in [0.717, 1.165) is 49.4 Å². The van der Waals surface area contributed by atoms with Crippen molar-refractivity contribution in [2.75, 3.05) is 13.6 Å². The number of nitrogens with one attached hydrogen (secondary N) is 1. The van der Waals surface area contributed by atoms with Crippen LogP contribution in [-0.2, 0) is 23.1 Å². The highest BCUT2D eigenvalue weighted by Gasteiger charge is 2.50. The van der Waals surface area contributed by atoms with Crippen LogP contribution >= 0.6 is 0 Å². The number of ketones is 1. The maximum atomic E-state index is 12.6. The Kier molecular flexibility index (Phi) is 5.38. The summed E-state index contributed by atoms with van der Waals surface area (Å²) in [6.45, 7) is 7.19. The summed E-state index contributed by atoms with van der Waals surface area (Å²) < 4.78 is 2.28. The van der Waals surface area contributed by atoms with Gasteiger partial charge in [0.25, 0.3) is 0 Å². The molecule has 1 aromatic heterocycles. The molecular weight excluding hydrogens is 372 g/mol. The third-order valence-corrected chi connectivity index (χ3v) is 7.02. The molecule has 2 aliphatic carbocycles. The summed E-state index contributed by atoms with van der Waals surface area (Å²) in [5, 5.41) is 12.7. The van der Waals surface area contributed by atoms with Crippen LogP contribution < -0.4 is 5.32 Å². The molecule has 2 aliphatic rings. The van der Waals surface area contributed by atoms with Gasteiger partial charge < -0.3 is 9.88 Å². The van der Waals surface area contributed by atoms with Crippen molar-refractivity contribution in [3.63, 3.8) is 0 Å². The molecule has 3 atom stereocenters. The Balaban J connectivity index is 1.79. The Bertz CT molecular complexity index is 1060. The molecule has 5 nitrogen and oxygen atoms in total. The van der Waals surface area contributed by atoms with Crippen LogP contribution in [0.4, 0.5) is 0 Å². The fraction of sp³-hybridized carbons (Fsp3) is 0.480. The van der Waals surface area contributed by atoms with E-state index in [-0.39, 0.29) is 28.6 Å². The first kappa shape index (κ1) is 20.6. The van der Waals surface area contributed by atoms with Crippen molar-refractivity contribution in [2.45, 2.75) is 51.9 Å². The average Bonchev–Trinajstić information content (AvgIpc) is 3.08. The SMILES string of the molecule is CNCCCc1cccc(-n2c(C)nc3c2CC[C@H]2[C@H](C)C(=O)C(C#N)=C[C@]32C)c1. The average molecular weight is 403 g/mol. The molecule has 0 bridgehead atoms. The smallest absolute Gasteiger partial charge is 0.176 e. The van der Waals surface area contributed by atoms with Gasteiger partial charge in [-0.15, -0.1) is 0 Å². The van der Waals surface area contributed by atoms with Crippen LogP contribution in [-0.4, -0.2) is 28.9 Å². The summed E-state index contributed by atoms with van der Waals surface area (Å²) in [5.74, 6) is 0.980. The number of aromatic nitrogens is 2. The highest BCUT2D eigenvalue weighted by atomic mass is 16.1. The Hall–Kier alpha value is -2.71. The number of fused-ring (bicyclic) bond motifs is 3. The van der Waals surface area contributed by atoms with E-state index in [9.17, 15) is 10.1 Å². The van der Waals surface area contributed by atoms with Crippen molar-refractivity contribution in [2.24, 2.45) is 11.8 Å². The lowest BCUT2D eigenvalue weighted by atomic mass is 9.58. The number of carbonyl (C=O) groups excluding carboxylic acids is 1. The molecule has 0 radical (unpaired) electrons. The van der Waals surface area contributed by atoms with E-state index in [1.807, 2.05) is 20.0 Å².